The van der Waals surface area contributed by atoms with Crippen LogP contribution in [-0.2, 0) is 22.6 Å². The van der Waals surface area contributed by atoms with Crippen molar-refractivity contribution in [2.24, 2.45) is 0 Å². The number of carbonyl (C=O) groups excluding carboxylic acids is 2. The van der Waals surface area contributed by atoms with Crippen LogP contribution in [-0.4, -0.2) is 34.9 Å². The highest BCUT2D eigenvalue weighted by Crippen LogP contribution is 2.27. The molecule has 0 aliphatic heterocycles. The largest absolute Gasteiger partial charge is 0.483 e. The highest BCUT2D eigenvalue weighted by molar-refractivity contribution is 9.10. The second kappa shape index (κ2) is 12.1. The van der Waals surface area contributed by atoms with Gasteiger partial charge in [-0.25, -0.2) is 0 Å². The Hall–Kier alpha value is -1.76. The standard InChI is InChI=1S/C25H31BrCl2N2O3/c1-6-16-8-11-22(19(26)12-16)33-15-23(31)30(14-17-9-10-18(27)13-20(17)28)21(7-2)24(32)29-25(3,4)5/h8-13,21H,6-7,14-15H2,1-5H3,(H,29,32)/t21-/m0/s1. The van der Waals surface area contributed by atoms with Gasteiger partial charge < -0.3 is 15.0 Å². The molecule has 0 heterocycles. The van der Waals surface area contributed by atoms with Crippen molar-refractivity contribution < 1.29 is 14.3 Å². The van der Waals surface area contributed by atoms with Gasteiger partial charge >= 0.3 is 0 Å². The first kappa shape index (κ1) is 27.5. The van der Waals surface area contributed by atoms with Crippen LogP contribution in [0.5, 0.6) is 5.75 Å². The van der Waals surface area contributed by atoms with E-state index in [1.165, 1.54) is 4.90 Å². The maximum Gasteiger partial charge on any atom is 0.261 e. The number of ether oxygens (including phenoxy) is 1. The molecule has 0 unspecified atom stereocenters. The molecule has 180 valence electrons. The number of nitrogens with zero attached hydrogens (tertiary/aromatic N) is 1. The van der Waals surface area contributed by atoms with Crippen molar-refractivity contribution in [1.29, 1.82) is 0 Å². The van der Waals surface area contributed by atoms with Crippen LogP contribution < -0.4 is 10.1 Å². The van der Waals surface area contributed by atoms with Gasteiger partial charge in [-0.1, -0.05) is 49.2 Å². The first-order valence-corrected chi connectivity index (χ1v) is 12.5. The Kier molecular flexibility index (Phi) is 10.1. The van der Waals surface area contributed by atoms with Gasteiger partial charge in [0.25, 0.3) is 5.91 Å². The second-order valence-electron chi connectivity index (χ2n) is 8.83. The summed E-state index contributed by atoms with van der Waals surface area (Å²) in [5, 5.41) is 3.91. The van der Waals surface area contributed by atoms with Crippen molar-refractivity contribution in [1.82, 2.24) is 10.2 Å². The summed E-state index contributed by atoms with van der Waals surface area (Å²) in [5.74, 6) is 0.0255. The van der Waals surface area contributed by atoms with Crippen LogP contribution in [0.2, 0.25) is 10.0 Å². The summed E-state index contributed by atoms with van der Waals surface area (Å²) in [7, 11) is 0. The molecule has 0 saturated carbocycles. The lowest BCUT2D eigenvalue weighted by Crippen LogP contribution is -2.54. The van der Waals surface area contributed by atoms with Gasteiger partial charge in [0.15, 0.2) is 6.61 Å². The smallest absolute Gasteiger partial charge is 0.261 e. The van der Waals surface area contributed by atoms with E-state index < -0.39 is 11.6 Å². The van der Waals surface area contributed by atoms with Crippen molar-refractivity contribution in [2.75, 3.05) is 6.61 Å². The minimum Gasteiger partial charge on any atom is -0.483 e. The first-order valence-electron chi connectivity index (χ1n) is 10.9. The van der Waals surface area contributed by atoms with E-state index in [0.717, 1.165) is 16.5 Å². The van der Waals surface area contributed by atoms with Gasteiger partial charge in [-0.2, -0.15) is 0 Å². The molecule has 2 aromatic carbocycles. The molecule has 0 aliphatic rings. The van der Waals surface area contributed by atoms with Crippen molar-refractivity contribution in [3.05, 3.63) is 62.0 Å². The number of nitrogens with one attached hydrogen (secondary N) is 1. The van der Waals surface area contributed by atoms with Gasteiger partial charge in [-0.15, -0.1) is 0 Å². The summed E-state index contributed by atoms with van der Waals surface area (Å²) >= 11 is 15.9. The van der Waals surface area contributed by atoms with Gasteiger partial charge in [0.1, 0.15) is 11.8 Å². The number of rotatable bonds is 9. The molecule has 1 atom stereocenters. The van der Waals surface area contributed by atoms with Crippen LogP contribution in [0.15, 0.2) is 40.9 Å². The average Bonchev–Trinajstić information content (AvgIpc) is 2.72. The molecule has 1 N–H and O–H groups in total. The number of aryl methyl sites for hydroxylation is 1. The van der Waals surface area contributed by atoms with E-state index in [0.29, 0.717) is 27.8 Å². The summed E-state index contributed by atoms with van der Waals surface area (Å²) in [5.41, 5.74) is 1.42. The van der Waals surface area contributed by atoms with Crippen LogP contribution in [0.25, 0.3) is 0 Å². The van der Waals surface area contributed by atoms with Gasteiger partial charge in [0.05, 0.1) is 4.47 Å². The van der Waals surface area contributed by atoms with Crippen LogP contribution in [0.4, 0.5) is 0 Å². The molecule has 2 aromatic rings. The molecular weight excluding hydrogens is 527 g/mol. The monoisotopic (exact) mass is 556 g/mol. The van der Waals surface area contributed by atoms with Gasteiger partial charge in [-0.3, -0.25) is 9.59 Å². The lowest BCUT2D eigenvalue weighted by Gasteiger charge is -2.33. The summed E-state index contributed by atoms with van der Waals surface area (Å²) in [6.45, 7) is 9.59. The molecule has 0 saturated heterocycles. The Morgan fingerprint density at radius 2 is 1.82 bits per heavy atom. The third-order valence-electron chi connectivity index (χ3n) is 5.00. The Bertz CT molecular complexity index is 992. The first-order chi connectivity index (χ1) is 15.4. The minimum absolute atomic E-state index is 0.157. The number of carbonyl (C=O) groups is 2. The molecule has 0 bridgehead atoms. The number of hydrogen-bond acceptors (Lipinski definition) is 3. The summed E-state index contributed by atoms with van der Waals surface area (Å²) < 4.78 is 6.59. The quantitative estimate of drug-likeness (QED) is 0.387. The molecular formula is C25H31BrCl2N2O3. The Balaban J connectivity index is 2.29. The fourth-order valence-electron chi connectivity index (χ4n) is 3.31. The van der Waals surface area contributed by atoms with E-state index in [1.807, 2.05) is 45.9 Å². The van der Waals surface area contributed by atoms with Crippen molar-refractivity contribution in [2.45, 2.75) is 65.6 Å². The van der Waals surface area contributed by atoms with Crippen molar-refractivity contribution in [3.8, 4) is 5.75 Å². The zero-order chi connectivity index (χ0) is 24.8. The van der Waals surface area contributed by atoms with Crippen LogP contribution in [0, 0.1) is 0 Å². The highest BCUT2D eigenvalue weighted by Gasteiger charge is 2.31. The van der Waals surface area contributed by atoms with Crippen LogP contribution in [0.1, 0.15) is 52.2 Å². The highest BCUT2D eigenvalue weighted by atomic mass is 79.9. The maximum atomic E-state index is 13.3. The summed E-state index contributed by atoms with van der Waals surface area (Å²) in [6, 6.07) is 10.2. The number of amides is 2. The van der Waals surface area contributed by atoms with Crippen LogP contribution in [0.3, 0.4) is 0 Å². The van der Waals surface area contributed by atoms with Crippen LogP contribution >= 0.6 is 39.1 Å². The summed E-state index contributed by atoms with van der Waals surface area (Å²) in [4.78, 5) is 27.9. The molecule has 5 nitrogen and oxygen atoms in total. The topological polar surface area (TPSA) is 58.6 Å². The SMILES string of the molecule is CCc1ccc(OCC(=O)N(Cc2ccc(Cl)cc2Cl)[C@@H](CC)C(=O)NC(C)(C)C)c(Br)c1. The minimum atomic E-state index is -0.682. The van der Waals surface area contributed by atoms with Gasteiger partial charge in [-0.05, 0) is 84.9 Å². The number of benzene rings is 2. The second-order valence-corrected chi connectivity index (χ2v) is 10.5. The van der Waals surface area contributed by atoms with Crippen molar-refractivity contribution >= 4 is 50.9 Å². The molecule has 2 amide bonds. The van der Waals surface area contributed by atoms with Gasteiger partial charge in [0.2, 0.25) is 5.91 Å². The molecule has 0 aliphatic carbocycles. The van der Waals surface area contributed by atoms with Crippen molar-refractivity contribution in [3.63, 3.8) is 0 Å². The Morgan fingerprint density at radius 3 is 2.36 bits per heavy atom. The van der Waals surface area contributed by atoms with E-state index in [2.05, 4.69) is 28.2 Å². The molecule has 0 spiro atoms. The third-order valence-corrected chi connectivity index (χ3v) is 6.20. The van der Waals surface area contributed by atoms with E-state index in [-0.39, 0.29) is 25.0 Å². The number of halogens is 3. The predicted molar refractivity (Wildman–Crippen MR) is 138 cm³/mol. The normalized spacial score (nSPS) is 12.2. The van der Waals surface area contributed by atoms with E-state index in [1.54, 1.807) is 18.2 Å². The predicted octanol–water partition coefficient (Wildman–Crippen LogP) is 6.42. The average molecular weight is 558 g/mol. The fraction of sp³-hybridized carbons (Fsp3) is 0.440. The van der Waals surface area contributed by atoms with Gasteiger partial charge in [0, 0.05) is 22.1 Å². The van der Waals surface area contributed by atoms with E-state index in [9.17, 15) is 9.59 Å². The zero-order valence-electron chi connectivity index (χ0n) is 19.7. The lowest BCUT2D eigenvalue weighted by atomic mass is 10.1. The molecule has 0 fully saturated rings. The third kappa shape index (κ3) is 8.20. The molecule has 0 radical (unpaired) electrons. The lowest BCUT2D eigenvalue weighted by molar-refractivity contribution is -0.143. The molecule has 2 rings (SSSR count). The van der Waals surface area contributed by atoms with E-state index >= 15 is 0 Å². The fourth-order valence-corrected chi connectivity index (χ4v) is 4.32. The maximum absolute atomic E-state index is 13.3. The molecule has 33 heavy (non-hydrogen) atoms. The zero-order valence-corrected chi connectivity index (χ0v) is 22.8. The van der Waals surface area contributed by atoms with E-state index in [4.69, 9.17) is 27.9 Å². The Morgan fingerprint density at radius 1 is 1.12 bits per heavy atom. The number of hydrogen-bond donors (Lipinski definition) is 1. The molecule has 0 aromatic heterocycles. The Labute approximate surface area is 214 Å². The molecule has 8 heteroatoms. The summed E-state index contributed by atoms with van der Waals surface area (Å²) in [6.07, 6.45) is 1.34.